The van der Waals surface area contributed by atoms with Gasteiger partial charge in [0.05, 0.1) is 6.42 Å². The lowest BCUT2D eigenvalue weighted by atomic mass is 10.1. The highest BCUT2D eigenvalue weighted by molar-refractivity contribution is 5.90. The first-order valence-electron chi connectivity index (χ1n) is 7.69. The summed E-state index contributed by atoms with van der Waals surface area (Å²) in [5, 5.41) is 11.6. The molecule has 0 aliphatic carbocycles. The third kappa shape index (κ3) is 5.94. The minimum Gasteiger partial charge on any atom is -0.481 e. The van der Waals surface area contributed by atoms with E-state index in [1.807, 2.05) is 0 Å². The van der Waals surface area contributed by atoms with Gasteiger partial charge in [-0.3, -0.25) is 9.59 Å². The zero-order valence-electron chi connectivity index (χ0n) is 13.2. The number of rotatable bonds is 7. The van der Waals surface area contributed by atoms with E-state index in [0.717, 1.165) is 12.8 Å². The first-order valence-corrected chi connectivity index (χ1v) is 7.69. The smallest absolute Gasteiger partial charge is 0.307 e. The van der Waals surface area contributed by atoms with Crippen molar-refractivity contribution in [3.63, 3.8) is 0 Å². The topological polar surface area (TPSA) is 66.4 Å². The number of benzene rings is 2. The highest BCUT2D eigenvalue weighted by Crippen LogP contribution is 2.13. The molecule has 0 fully saturated rings. The van der Waals surface area contributed by atoms with E-state index in [9.17, 15) is 9.59 Å². The van der Waals surface area contributed by atoms with Crippen molar-refractivity contribution in [2.24, 2.45) is 0 Å². The summed E-state index contributed by atoms with van der Waals surface area (Å²) in [5.41, 5.74) is 3.78. The van der Waals surface area contributed by atoms with E-state index in [-0.39, 0.29) is 12.3 Å². The lowest BCUT2D eigenvalue weighted by Gasteiger charge is -2.07. The normalized spacial score (nSPS) is 10.3. The quantitative estimate of drug-likeness (QED) is 0.821. The Balaban J connectivity index is 1.80. The number of hydrogen-bond donors (Lipinski definition) is 2. The largest absolute Gasteiger partial charge is 0.481 e. The Morgan fingerprint density at radius 1 is 1.04 bits per heavy atom. The number of amides is 1. The van der Waals surface area contributed by atoms with Crippen molar-refractivity contribution in [3.05, 3.63) is 65.2 Å². The Morgan fingerprint density at radius 2 is 1.78 bits per heavy atom. The molecule has 1 amide bonds. The van der Waals surface area contributed by atoms with Crippen molar-refractivity contribution in [2.75, 3.05) is 5.32 Å². The molecular formula is C19H21NO3. The van der Waals surface area contributed by atoms with E-state index in [4.69, 9.17) is 5.11 Å². The zero-order chi connectivity index (χ0) is 16.7. The van der Waals surface area contributed by atoms with Gasteiger partial charge in [-0.15, -0.1) is 0 Å². The Kier molecular flexibility index (Phi) is 5.92. The molecule has 0 aliphatic heterocycles. The summed E-state index contributed by atoms with van der Waals surface area (Å²) in [7, 11) is 0. The van der Waals surface area contributed by atoms with Crippen LogP contribution in [0.5, 0.6) is 0 Å². The molecule has 4 heteroatoms. The highest BCUT2D eigenvalue weighted by Gasteiger charge is 2.05. The van der Waals surface area contributed by atoms with Gasteiger partial charge in [0.2, 0.25) is 5.91 Å². The van der Waals surface area contributed by atoms with Crippen molar-refractivity contribution < 1.29 is 14.7 Å². The number of aryl methyl sites for hydroxylation is 2. The number of carbonyl (C=O) groups excluding carboxylic acids is 1. The molecule has 0 atom stereocenters. The van der Waals surface area contributed by atoms with E-state index in [0.29, 0.717) is 17.7 Å². The monoisotopic (exact) mass is 311 g/mol. The number of carboxylic acid groups (broad SMARTS) is 1. The molecule has 23 heavy (non-hydrogen) atoms. The maximum absolute atomic E-state index is 12.0. The number of carboxylic acids is 1. The Morgan fingerprint density at radius 3 is 2.48 bits per heavy atom. The van der Waals surface area contributed by atoms with Crippen molar-refractivity contribution >= 4 is 17.6 Å². The van der Waals surface area contributed by atoms with E-state index >= 15 is 0 Å². The second-order valence-electron chi connectivity index (χ2n) is 5.66. The van der Waals surface area contributed by atoms with Crippen LogP contribution in [0.3, 0.4) is 0 Å². The van der Waals surface area contributed by atoms with E-state index in [2.05, 4.69) is 36.5 Å². The lowest BCUT2D eigenvalue weighted by Crippen LogP contribution is -2.12. The van der Waals surface area contributed by atoms with Gasteiger partial charge in [0.1, 0.15) is 0 Å². The third-order valence-electron chi connectivity index (χ3n) is 3.56. The minimum absolute atomic E-state index is 0.0445. The molecule has 0 saturated carbocycles. The maximum atomic E-state index is 12.0. The summed E-state index contributed by atoms with van der Waals surface area (Å²) in [6.45, 7) is 2.05. The van der Waals surface area contributed by atoms with Gasteiger partial charge < -0.3 is 10.4 Å². The summed E-state index contributed by atoms with van der Waals surface area (Å²) >= 11 is 0. The number of carbonyl (C=O) groups is 2. The fourth-order valence-corrected chi connectivity index (χ4v) is 2.36. The first kappa shape index (κ1) is 16.7. The molecule has 0 radical (unpaired) electrons. The van der Waals surface area contributed by atoms with Crippen LogP contribution < -0.4 is 5.32 Å². The average Bonchev–Trinajstić information content (AvgIpc) is 2.49. The molecule has 0 bridgehead atoms. The fourth-order valence-electron chi connectivity index (χ4n) is 2.36. The van der Waals surface area contributed by atoms with Gasteiger partial charge in [-0.05, 0) is 43.0 Å². The SMILES string of the molecule is Cc1ccc(CCCC(=O)Nc2cccc(CC(=O)O)c2)cc1. The molecule has 0 spiro atoms. The summed E-state index contributed by atoms with van der Waals surface area (Å²) in [6, 6.07) is 15.3. The standard InChI is InChI=1S/C19H21NO3/c1-14-8-10-15(11-9-14)4-3-7-18(21)20-17-6-2-5-16(12-17)13-19(22)23/h2,5-6,8-12H,3-4,7,13H2,1H3,(H,20,21)(H,22,23). The molecule has 2 N–H and O–H groups in total. The van der Waals surface area contributed by atoms with Crippen LogP contribution in [0.25, 0.3) is 0 Å². The molecule has 0 aliphatic rings. The molecule has 2 aromatic rings. The van der Waals surface area contributed by atoms with Crippen molar-refractivity contribution in [1.82, 2.24) is 0 Å². The predicted molar refractivity (Wildman–Crippen MR) is 90.5 cm³/mol. The molecule has 120 valence electrons. The maximum Gasteiger partial charge on any atom is 0.307 e. The molecule has 4 nitrogen and oxygen atoms in total. The van der Waals surface area contributed by atoms with Crippen LogP contribution in [0.15, 0.2) is 48.5 Å². The van der Waals surface area contributed by atoms with Crippen LogP contribution >= 0.6 is 0 Å². The first-order chi connectivity index (χ1) is 11.0. The predicted octanol–water partition coefficient (Wildman–Crippen LogP) is 3.58. The molecule has 0 aromatic heterocycles. The summed E-state index contributed by atoms with van der Waals surface area (Å²) in [6.07, 6.45) is 2.05. The Labute approximate surface area is 136 Å². The van der Waals surface area contributed by atoms with Gasteiger partial charge in [-0.25, -0.2) is 0 Å². The molecule has 2 rings (SSSR count). The molecular weight excluding hydrogens is 290 g/mol. The Hall–Kier alpha value is -2.62. The van der Waals surface area contributed by atoms with E-state index < -0.39 is 5.97 Å². The molecule has 0 unspecified atom stereocenters. The number of aliphatic carboxylic acids is 1. The van der Waals surface area contributed by atoms with Crippen LogP contribution in [0.1, 0.15) is 29.5 Å². The van der Waals surface area contributed by atoms with Crippen LogP contribution in [-0.2, 0) is 22.4 Å². The molecule has 0 saturated heterocycles. The highest BCUT2D eigenvalue weighted by atomic mass is 16.4. The van der Waals surface area contributed by atoms with Crippen LogP contribution in [0.2, 0.25) is 0 Å². The molecule has 0 heterocycles. The van der Waals surface area contributed by atoms with E-state index in [1.165, 1.54) is 11.1 Å². The zero-order valence-corrected chi connectivity index (χ0v) is 13.2. The second-order valence-corrected chi connectivity index (χ2v) is 5.66. The van der Waals surface area contributed by atoms with Crippen molar-refractivity contribution in [2.45, 2.75) is 32.6 Å². The van der Waals surface area contributed by atoms with Gasteiger partial charge in [-0.2, -0.15) is 0 Å². The van der Waals surface area contributed by atoms with Crippen molar-refractivity contribution in [3.8, 4) is 0 Å². The third-order valence-corrected chi connectivity index (χ3v) is 3.56. The second kappa shape index (κ2) is 8.13. The summed E-state index contributed by atoms with van der Waals surface area (Å²) in [5.74, 6) is -0.934. The van der Waals surface area contributed by atoms with Gasteiger partial charge in [0, 0.05) is 12.1 Å². The minimum atomic E-state index is -0.883. The van der Waals surface area contributed by atoms with Crippen molar-refractivity contribution in [1.29, 1.82) is 0 Å². The van der Waals surface area contributed by atoms with Gasteiger partial charge in [-0.1, -0.05) is 42.0 Å². The van der Waals surface area contributed by atoms with Crippen LogP contribution in [0, 0.1) is 6.92 Å². The fraction of sp³-hybridized carbons (Fsp3) is 0.263. The average molecular weight is 311 g/mol. The number of hydrogen-bond acceptors (Lipinski definition) is 2. The molecule has 2 aromatic carbocycles. The number of anilines is 1. The van der Waals surface area contributed by atoms with Crippen LogP contribution in [0.4, 0.5) is 5.69 Å². The Bertz CT molecular complexity index is 677. The van der Waals surface area contributed by atoms with Gasteiger partial charge >= 0.3 is 5.97 Å². The number of nitrogens with one attached hydrogen (secondary N) is 1. The van der Waals surface area contributed by atoms with Gasteiger partial charge in [0.25, 0.3) is 0 Å². The van der Waals surface area contributed by atoms with Gasteiger partial charge in [0.15, 0.2) is 0 Å². The lowest BCUT2D eigenvalue weighted by molar-refractivity contribution is -0.136. The summed E-state index contributed by atoms with van der Waals surface area (Å²) in [4.78, 5) is 22.7. The van der Waals surface area contributed by atoms with E-state index in [1.54, 1.807) is 24.3 Å². The van der Waals surface area contributed by atoms with Crippen LogP contribution in [-0.4, -0.2) is 17.0 Å². The summed E-state index contributed by atoms with van der Waals surface area (Å²) < 4.78 is 0.